The van der Waals surface area contributed by atoms with Gasteiger partial charge in [0.05, 0.1) is 10.6 Å². The molecular weight excluding hydrogens is 498 g/mol. The molecule has 0 saturated heterocycles. The summed E-state index contributed by atoms with van der Waals surface area (Å²) in [6.07, 6.45) is 0. The van der Waals surface area contributed by atoms with E-state index in [9.17, 15) is 4.79 Å². The molecule has 0 atom stereocenters. The minimum Gasteiger partial charge on any atom is -0.436 e. The summed E-state index contributed by atoms with van der Waals surface area (Å²) in [6.45, 7) is 4.08. The highest BCUT2D eigenvalue weighted by Gasteiger charge is 2.14. The maximum atomic E-state index is 12.5. The molecule has 1 amide bonds. The predicted molar refractivity (Wildman–Crippen MR) is 132 cm³/mol. The molecule has 8 heteroatoms. The molecule has 31 heavy (non-hydrogen) atoms. The Balaban J connectivity index is 1.51. The second-order valence-electron chi connectivity index (χ2n) is 7.11. The number of thiocarbonyl (C=S) groups is 1. The number of nitrogens with one attached hydrogen (secondary N) is 2. The zero-order valence-electron chi connectivity index (χ0n) is 16.6. The summed E-state index contributed by atoms with van der Waals surface area (Å²) in [5, 5.41) is 6.13. The van der Waals surface area contributed by atoms with Crippen LogP contribution in [0.2, 0.25) is 5.02 Å². The summed E-state index contributed by atoms with van der Waals surface area (Å²) in [7, 11) is 0. The van der Waals surface area contributed by atoms with E-state index in [1.54, 1.807) is 18.2 Å². The maximum Gasteiger partial charge on any atom is 0.258 e. The molecule has 1 heterocycles. The largest absolute Gasteiger partial charge is 0.436 e. The van der Waals surface area contributed by atoms with Gasteiger partial charge < -0.3 is 9.73 Å². The van der Waals surface area contributed by atoms with E-state index in [-0.39, 0.29) is 5.11 Å². The van der Waals surface area contributed by atoms with Crippen molar-refractivity contribution >= 4 is 67.6 Å². The Labute approximate surface area is 197 Å². The fourth-order valence-corrected chi connectivity index (χ4v) is 4.01. The summed E-state index contributed by atoms with van der Waals surface area (Å²) in [5.41, 5.74) is 5.57. The highest BCUT2D eigenvalue weighted by Crippen LogP contribution is 2.27. The van der Waals surface area contributed by atoms with Gasteiger partial charge in [0.2, 0.25) is 5.89 Å². The van der Waals surface area contributed by atoms with Crippen LogP contribution in [0.15, 0.2) is 63.5 Å². The average Bonchev–Trinajstić information content (AvgIpc) is 3.12. The zero-order chi connectivity index (χ0) is 22.1. The highest BCUT2D eigenvalue weighted by molar-refractivity contribution is 9.10. The number of aromatic nitrogens is 1. The molecular formula is C23H17BrClN3O2S. The van der Waals surface area contributed by atoms with Crippen molar-refractivity contribution in [2.75, 3.05) is 5.32 Å². The molecule has 5 nitrogen and oxygen atoms in total. The number of halogens is 2. The van der Waals surface area contributed by atoms with Crippen LogP contribution < -0.4 is 10.6 Å². The number of nitrogens with zero attached hydrogens (tertiary/aromatic N) is 1. The van der Waals surface area contributed by atoms with E-state index < -0.39 is 5.91 Å². The number of anilines is 1. The van der Waals surface area contributed by atoms with E-state index in [0.29, 0.717) is 33.3 Å². The average molecular weight is 515 g/mol. The number of benzene rings is 3. The first-order chi connectivity index (χ1) is 14.8. The molecule has 156 valence electrons. The van der Waals surface area contributed by atoms with Gasteiger partial charge in [0, 0.05) is 15.7 Å². The monoisotopic (exact) mass is 513 g/mol. The molecule has 1 aromatic heterocycles. The molecule has 0 aliphatic rings. The predicted octanol–water partition coefficient (Wildman–Crippen LogP) is 6.65. The second kappa shape index (κ2) is 8.78. The molecule has 0 saturated carbocycles. The Morgan fingerprint density at radius 2 is 1.81 bits per heavy atom. The number of amides is 1. The van der Waals surface area contributed by atoms with Crippen molar-refractivity contribution in [1.82, 2.24) is 10.3 Å². The molecule has 0 radical (unpaired) electrons. The van der Waals surface area contributed by atoms with Crippen LogP contribution in [-0.2, 0) is 0 Å². The van der Waals surface area contributed by atoms with Crippen LogP contribution in [0.3, 0.4) is 0 Å². The zero-order valence-corrected chi connectivity index (χ0v) is 19.8. The van der Waals surface area contributed by atoms with E-state index >= 15 is 0 Å². The van der Waals surface area contributed by atoms with Crippen molar-refractivity contribution in [3.05, 3.63) is 80.8 Å². The first kappa shape index (κ1) is 21.5. The number of hydrogen-bond acceptors (Lipinski definition) is 4. The maximum absolute atomic E-state index is 12.5. The van der Waals surface area contributed by atoms with Crippen molar-refractivity contribution in [2.45, 2.75) is 13.8 Å². The quantitative estimate of drug-likeness (QED) is 0.299. The van der Waals surface area contributed by atoms with Crippen molar-refractivity contribution < 1.29 is 9.21 Å². The van der Waals surface area contributed by atoms with E-state index in [4.69, 9.17) is 28.2 Å². The van der Waals surface area contributed by atoms with E-state index in [0.717, 1.165) is 21.2 Å². The third-order valence-corrected chi connectivity index (χ3v) is 5.54. The molecule has 3 aromatic carbocycles. The van der Waals surface area contributed by atoms with Crippen LogP contribution in [0.5, 0.6) is 0 Å². The molecule has 0 aliphatic heterocycles. The second-order valence-corrected chi connectivity index (χ2v) is 8.84. The fourth-order valence-electron chi connectivity index (χ4n) is 3.23. The van der Waals surface area contributed by atoms with E-state index in [2.05, 4.69) is 37.6 Å². The lowest BCUT2D eigenvalue weighted by molar-refractivity contribution is 0.0978. The minimum absolute atomic E-state index is 0.151. The summed E-state index contributed by atoms with van der Waals surface area (Å²) in [4.78, 5) is 17.1. The molecule has 0 spiro atoms. The van der Waals surface area contributed by atoms with Crippen LogP contribution >= 0.6 is 39.7 Å². The standard InChI is InChI=1S/C23H17BrClN3O2S/c1-12-7-13(2)9-14(8-12)22-27-19-11-16(4-6-20(19)30-22)26-23(31)28-21(29)17-10-15(24)3-5-18(17)25/h3-11H,1-2H3,(H2,26,28,29,31). The lowest BCUT2D eigenvalue weighted by Crippen LogP contribution is -2.34. The molecule has 0 bridgehead atoms. The van der Waals surface area contributed by atoms with Gasteiger partial charge in [-0.2, -0.15) is 0 Å². The Hall–Kier alpha value is -2.74. The van der Waals surface area contributed by atoms with E-state index in [1.165, 1.54) is 0 Å². The molecule has 0 aliphatic carbocycles. The van der Waals surface area contributed by atoms with Gasteiger partial charge in [0.1, 0.15) is 5.52 Å². The third kappa shape index (κ3) is 4.95. The third-order valence-electron chi connectivity index (χ3n) is 4.51. The van der Waals surface area contributed by atoms with Crippen LogP contribution in [0.25, 0.3) is 22.6 Å². The lowest BCUT2D eigenvalue weighted by atomic mass is 10.1. The van der Waals surface area contributed by atoms with Crippen molar-refractivity contribution in [1.29, 1.82) is 0 Å². The number of fused-ring (bicyclic) bond motifs is 1. The van der Waals surface area contributed by atoms with Gasteiger partial charge >= 0.3 is 0 Å². The minimum atomic E-state index is -0.400. The van der Waals surface area contributed by atoms with Gasteiger partial charge in [-0.25, -0.2) is 4.98 Å². The highest BCUT2D eigenvalue weighted by atomic mass is 79.9. The fraction of sp³-hybridized carbons (Fsp3) is 0.0870. The number of carbonyl (C=O) groups is 1. The SMILES string of the molecule is Cc1cc(C)cc(-c2nc3cc(NC(=S)NC(=O)c4cc(Br)ccc4Cl)ccc3o2)c1. The van der Waals surface area contributed by atoms with Gasteiger partial charge in [-0.15, -0.1) is 0 Å². The van der Waals surface area contributed by atoms with Gasteiger partial charge in [-0.05, 0) is 74.6 Å². The number of carbonyl (C=O) groups excluding carboxylic acids is 1. The number of oxazole rings is 1. The summed E-state index contributed by atoms with van der Waals surface area (Å²) < 4.78 is 6.66. The molecule has 0 unspecified atom stereocenters. The number of rotatable bonds is 3. The van der Waals surface area contributed by atoms with Crippen molar-refractivity contribution in [3.63, 3.8) is 0 Å². The van der Waals surface area contributed by atoms with Gasteiger partial charge in [-0.3, -0.25) is 10.1 Å². The summed E-state index contributed by atoms with van der Waals surface area (Å²) in [6, 6.07) is 16.6. The lowest BCUT2D eigenvalue weighted by Gasteiger charge is -2.10. The number of aryl methyl sites for hydroxylation is 2. The Kier molecular flexibility index (Phi) is 6.09. The first-order valence-corrected chi connectivity index (χ1v) is 10.9. The molecule has 2 N–H and O–H groups in total. The van der Waals surface area contributed by atoms with Gasteiger partial charge in [-0.1, -0.05) is 44.7 Å². The van der Waals surface area contributed by atoms with Crippen LogP contribution in [0.1, 0.15) is 21.5 Å². The van der Waals surface area contributed by atoms with Crippen LogP contribution in [0.4, 0.5) is 5.69 Å². The van der Waals surface area contributed by atoms with Gasteiger partial charge in [0.15, 0.2) is 10.7 Å². The smallest absolute Gasteiger partial charge is 0.258 e. The molecule has 4 rings (SSSR count). The number of hydrogen-bond donors (Lipinski definition) is 2. The van der Waals surface area contributed by atoms with Crippen LogP contribution in [0, 0.1) is 13.8 Å². The Morgan fingerprint density at radius 3 is 2.55 bits per heavy atom. The summed E-state index contributed by atoms with van der Waals surface area (Å²) in [5.74, 6) is 0.155. The van der Waals surface area contributed by atoms with Crippen LogP contribution in [-0.4, -0.2) is 16.0 Å². The normalized spacial score (nSPS) is 10.8. The van der Waals surface area contributed by atoms with Crippen molar-refractivity contribution in [3.8, 4) is 11.5 Å². The van der Waals surface area contributed by atoms with Gasteiger partial charge in [0.25, 0.3) is 5.91 Å². The Bertz CT molecular complexity index is 1320. The van der Waals surface area contributed by atoms with Crippen molar-refractivity contribution in [2.24, 2.45) is 0 Å². The molecule has 0 fully saturated rings. The topological polar surface area (TPSA) is 67.2 Å². The summed E-state index contributed by atoms with van der Waals surface area (Å²) >= 11 is 14.7. The van der Waals surface area contributed by atoms with E-state index in [1.807, 2.05) is 44.2 Å². The Morgan fingerprint density at radius 1 is 1.06 bits per heavy atom. The molecule has 4 aromatic rings. The first-order valence-electron chi connectivity index (χ1n) is 9.35.